The Hall–Kier alpha value is -0.810. The van der Waals surface area contributed by atoms with E-state index in [1.165, 1.54) is 6.42 Å². The van der Waals surface area contributed by atoms with Gasteiger partial charge in [-0.3, -0.25) is 0 Å². The summed E-state index contributed by atoms with van der Waals surface area (Å²) in [4.78, 5) is 14.4. The highest BCUT2D eigenvalue weighted by Crippen LogP contribution is 2.24. The van der Waals surface area contributed by atoms with Crippen molar-refractivity contribution in [2.75, 3.05) is 19.8 Å². The molecule has 2 atom stereocenters. The third-order valence-corrected chi connectivity index (χ3v) is 4.62. The molecule has 2 aliphatic rings. The number of carbonyl (C=O) groups excluding carboxylic acids is 1. The lowest BCUT2D eigenvalue weighted by atomic mass is 9.96. The van der Waals surface area contributed by atoms with Crippen LogP contribution in [0.4, 0.5) is 4.79 Å². The van der Waals surface area contributed by atoms with E-state index in [1.807, 2.05) is 25.7 Å². The van der Waals surface area contributed by atoms with Crippen molar-refractivity contribution in [1.82, 2.24) is 10.2 Å². The van der Waals surface area contributed by atoms with Gasteiger partial charge in [0, 0.05) is 37.9 Å². The number of carbonyl (C=O) groups is 1. The van der Waals surface area contributed by atoms with Gasteiger partial charge in [0.1, 0.15) is 5.60 Å². The normalized spacial score (nSPS) is 25.2. The predicted molar refractivity (Wildman–Crippen MR) is 91.6 cm³/mol. The van der Waals surface area contributed by atoms with Crippen LogP contribution in [-0.2, 0) is 9.47 Å². The van der Waals surface area contributed by atoms with E-state index in [0.29, 0.717) is 18.1 Å². The Morgan fingerprint density at radius 3 is 2.61 bits per heavy atom. The Bertz CT molecular complexity index is 375. The number of hydrogen-bond acceptors (Lipinski definition) is 4. The number of amides is 1. The summed E-state index contributed by atoms with van der Waals surface area (Å²) >= 11 is 0. The zero-order chi connectivity index (χ0) is 16.9. The number of nitrogens with zero attached hydrogens (tertiary/aromatic N) is 1. The van der Waals surface area contributed by atoms with Gasteiger partial charge in [-0.05, 0) is 66.2 Å². The topological polar surface area (TPSA) is 50.8 Å². The number of rotatable bonds is 4. The van der Waals surface area contributed by atoms with Crippen LogP contribution >= 0.6 is 0 Å². The van der Waals surface area contributed by atoms with Crippen molar-refractivity contribution in [3.8, 4) is 0 Å². The molecule has 5 heteroatoms. The van der Waals surface area contributed by atoms with E-state index in [0.717, 1.165) is 51.9 Å². The van der Waals surface area contributed by atoms with Crippen LogP contribution in [0.25, 0.3) is 0 Å². The number of nitrogens with one attached hydrogen (secondary N) is 1. The maximum Gasteiger partial charge on any atom is 0.410 e. The van der Waals surface area contributed by atoms with Gasteiger partial charge >= 0.3 is 6.09 Å². The molecule has 0 spiro atoms. The lowest BCUT2D eigenvalue weighted by molar-refractivity contribution is 0.00743. The first-order valence-electron chi connectivity index (χ1n) is 9.18. The Labute approximate surface area is 141 Å². The van der Waals surface area contributed by atoms with Crippen molar-refractivity contribution in [3.05, 3.63) is 0 Å². The minimum Gasteiger partial charge on any atom is -0.444 e. The Balaban J connectivity index is 1.85. The van der Waals surface area contributed by atoms with Crippen molar-refractivity contribution in [3.63, 3.8) is 0 Å². The molecular formula is C18H34N2O3. The van der Waals surface area contributed by atoms with Gasteiger partial charge in [0.05, 0.1) is 0 Å². The third kappa shape index (κ3) is 6.30. The summed E-state index contributed by atoms with van der Waals surface area (Å²) < 4.78 is 11.0. The molecule has 0 aromatic rings. The zero-order valence-corrected chi connectivity index (χ0v) is 15.3. The molecule has 2 unspecified atom stereocenters. The summed E-state index contributed by atoms with van der Waals surface area (Å²) in [6.45, 7) is 10.6. The highest BCUT2D eigenvalue weighted by atomic mass is 16.6. The summed E-state index contributed by atoms with van der Waals surface area (Å²) in [7, 11) is 0. The first-order valence-corrected chi connectivity index (χ1v) is 9.18. The molecule has 0 aliphatic carbocycles. The molecule has 0 aromatic heterocycles. The lowest BCUT2D eigenvalue weighted by Gasteiger charge is -2.38. The van der Waals surface area contributed by atoms with Crippen LogP contribution in [0.2, 0.25) is 0 Å². The molecule has 2 fully saturated rings. The number of likely N-dealkylation sites (tertiary alicyclic amines) is 1. The van der Waals surface area contributed by atoms with Gasteiger partial charge in [0.2, 0.25) is 0 Å². The van der Waals surface area contributed by atoms with Crippen LogP contribution in [0, 0.1) is 0 Å². The summed E-state index contributed by atoms with van der Waals surface area (Å²) in [5, 5.41) is 3.72. The van der Waals surface area contributed by atoms with E-state index in [1.54, 1.807) is 0 Å². The summed E-state index contributed by atoms with van der Waals surface area (Å²) in [5.41, 5.74) is -0.426. The van der Waals surface area contributed by atoms with Gasteiger partial charge in [-0.15, -0.1) is 0 Å². The van der Waals surface area contributed by atoms with Crippen molar-refractivity contribution in [2.24, 2.45) is 0 Å². The van der Waals surface area contributed by atoms with Gasteiger partial charge in [0.15, 0.2) is 0 Å². The fourth-order valence-electron chi connectivity index (χ4n) is 3.55. The molecule has 0 radical (unpaired) electrons. The molecule has 0 bridgehead atoms. The molecule has 0 aromatic carbocycles. The second-order valence-electron chi connectivity index (χ2n) is 8.01. The zero-order valence-electron chi connectivity index (χ0n) is 15.3. The van der Waals surface area contributed by atoms with Crippen LogP contribution in [0.1, 0.15) is 66.2 Å². The van der Waals surface area contributed by atoms with Crippen molar-refractivity contribution in [2.45, 2.75) is 89.9 Å². The molecule has 134 valence electrons. The average molecular weight is 326 g/mol. The van der Waals surface area contributed by atoms with Crippen LogP contribution < -0.4 is 5.32 Å². The lowest BCUT2D eigenvalue weighted by Crippen LogP contribution is -2.49. The van der Waals surface area contributed by atoms with Crippen LogP contribution in [0.15, 0.2) is 0 Å². The quantitative estimate of drug-likeness (QED) is 0.861. The molecule has 2 rings (SSSR count). The average Bonchev–Trinajstić information content (AvgIpc) is 2.47. The molecule has 2 heterocycles. The van der Waals surface area contributed by atoms with Crippen molar-refractivity contribution < 1.29 is 14.3 Å². The van der Waals surface area contributed by atoms with Gasteiger partial charge in [-0.2, -0.15) is 0 Å². The molecule has 5 nitrogen and oxygen atoms in total. The van der Waals surface area contributed by atoms with Gasteiger partial charge in [0.25, 0.3) is 0 Å². The second-order valence-corrected chi connectivity index (χ2v) is 8.01. The third-order valence-electron chi connectivity index (χ3n) is 4.62. The first kappa shape index (κ1) is 18.5. The maximum atomic E-state index is 12.5. The molecule has 1 amide bonds. The fraction of sp³-hybridized carbons (Fsp3) is 0.944. The largest absolute Gasteiger partial charge is 0.444 e. The Morgan fingerprint density at radius 2 is 1.96 bits per heavy atom. The second kappa shape index (κ2) is 8.34. The number of hydrogen-bond donors (Lipinski definition) is 1. The van der Waals surface area contributed by atoms with E-state index in [9.17, 15) is 4.79 Å². The van der Waals surface area contributed by atoms with Crippen molar-refractivity contribution in [1.29, 1.82) is 0 Å². The van der Waals surface area contributed by atoms with Crippen LogP contribution in [0.3, 0.4) is 0 Å². The molecular weight excluding hydrogens is 292 g/mol. The smallest absolute Gasteiger partial charge is 0.410 e. The van der Waals surface area contributed by atoms with E-state index >= 15 is 0 Å². The Morgan fingerprint density at radius 1 is 1.26 bits per heavy atom. The first-order chi connectivity index (χ1) is 10.8. The van der Waals surface area contributed by atoms with E-state index in [4.69, 9.17) is 9.47 Å². The van der Waals surface area contributed by atoms with E-state index < -0.39 is 5.60 Å². The fourth-order valence-corrected chi connectivity index (χ4v) is 3.55. The predicted octanol–water partition coefficient (Wildman–Crippen LogP) is 3.32. The van der Waals surface area contributed by atoms with Crippen LogP contribution in [0.5, 0.6) is 0 Å². The molecule has 1 N–H and O–H groups in total. The SMILES string of the molecule is CC(CC1CCCCN1C(=O)OC(C)(C)C)NC1CCOCC1. The minimum atomic E-state index is -0.426. The number of piperidine rings is 1. The van der Waals surface area contributed by atoms with Gasteiger partial charge in [-0.25, -0.2) is 4.79 Å². The van der Waals surface area contributed by atoms with Crippen molar-refractivity contribution >= 4 is 6.09 Å². The minimum absolute atomic E-state index is 0.152. The molecule has 2 aliphatic heterocycles. The summed E-state index contributed by atoms with van der Waals surface area (Å²) in [6.07, 6.45) is 6.39. The van der Waals surface area contributed by atoms with Crippen LogP contribution in [-0.4, -0.2) is 54.5 Å². The molecule has 2 saturated heterocycles. The monoisotopic (exact) mass is 326 g/mol. The highest BCUT2D eigenvalue weighted by molar-refractivity contribution is 5.68. The Kier molecular flexibility index (Phi) is 6.72. The summed E-state index contributed by atoms with van der Waals surface area (Å²) in [6, 6.07) is 1.25. The standard InChI is InChI=1S/C18H34N2O3/c1-14(19-15-8-11-22-12-9-15)13-16-7-5-6-10-20(16)17(21)23-18(2,3)4/h14-16,19H,5-13H2,1-4H3. The maximum absolute atomic E-state index is 12.5. The van der Waals surface area contributed by atoms with Gasteiger partial charge < -0.3 is 19.7 Å². The summed E-state index contributed by atoms with van der Waals surface area (Å²) in [5.74, 6) is 0. The number of ether oxygens (including phenoxy) is 2. The van der Waals surface area contributed by atoms with E-state index in [2.05, 4.69) is 12.2 Å². The molecule has 23 heavy (non-hydrogen) atoms. The molecule has 0 saturated carbocycles. The highest BCUT2D eigenvalue weighted by Gasteiger charge is 2.31. The van der Waals surface area contributed by atoms with E-state index in [-0.39, 0.29) is 6.09 Å². The van der Waals surface area contributed by atoms with Gasteiger partial charge in [-0.1, -0.05) is 0 Å².